The molecule has 4 aromatic rings. The quantitative estimate of drug-likeness (QED) is 0.176. The molecule has 0 saturated carbocycles. The summed E-state index contributed by atoms with van der Waals surface area (Å²) < 4.78 is 40.1. The normalized spacial score (nSPS) is 15.1. The molecule has 0 unspecified atom stereocenters. The molecule has 9 rings (SSSR count). The minimum Gasteiger partial charge on any atom is -0.457 e. The standard InChI is InChI=1S/C8H12.C8H10.C7H7F3O.2C7H11N.C7H9N.2C7H10.C6H8S/c1-6-4-7(2)8(3)5-6;1-7-5-3-4-6-8(7)2;1-4-3-6(7(8,9)10)11-5(4)2;2*1-5-4-6(2)8-7(5)3;1-6-4-3-5-8-7(6)2;2*1-6-4-3-5-7(6)2;1-5-3-4-7-6(5)2/h4H,5H2,1-3H3;3-6H,1-2H3;3H,1-2H3;2*4H2,1-3H3;3-5H,1-2H3;2*3-4H,5H2,1-2H3;3-4H,1-2H3. The third kappa shape index (κ3) is 25.7. The Kier molecular flexibility index (Phi) is 29.0. The van der Waals surface area contributed by atoms with E-state index in [1.807, 2.05) is 19.2 Å². The predicted octanol–water partition coefficient (Wildman–Crippen LogP) is 20.8. The number of alkyl halides is 3. The number of furan rings is 1. The Morgan fingerprint density at radius 3 is 1.12 bits per heavy atom. The fraction of sp³-hybridized carbons (Fsp3) is 0.422. The topological polar surface area (TPSA) is 50.8 Å². The van der Waals surface area contributed by atoms with Crippen molar-refractivity contribution in [3.8, 4) is 0 Å². The molecule has 72 heavy (non-hydrogen) atoms. The van der Waals surface area contributed by atoms with Crippen LogP contribution in [0, 0.1) is 55.4 Å². The molecule has 1 aromatic carbocycles. The van der Waals surface area contributed by atoms with Crippen LogP contribution in [0.5, 0.6) is 0 Å². The minimum atomic E-state index is -4.36. The number of halogens is 3. The molecule has 0 spiro atoms. The number of rotatable bonds is 0. The van der Waals surface area contributed by atoms with Gasteiger partial charge in [0.2, 0.25) is 5.76 Å². The Labute approximate surface area is 438 Å². The summed E-state index contributed by atoms with van der Waals surface area (Å²) in [5.41, 5.74) is 25.2. The van der Waals surface area contributed by atoms with Gasteiger partial charge in [-0.25, -0.2) is 0 Å². The number of aryl methyl sites for hydroxylation is 8. The Hall–Kier alpha value is -5.60. The van der Waals surface area contributed by atoms with Crippen molar-refractivity contribution < 1.29 is 17.6 Å². The van der Waals surface area contributed by atoms with Crippen LogP contribution in [0.2, 0.25) is 0 Å². The third-order valence-corrected chi connectivity index (χ3v) is 13.8. The molecule has 5 aliphatic rings. The number of aromatic nitrogens is 1. The molecular weight excluding hydrogens is 916 g/mol. The van der Waals surface area contributed by atoms with Crippen molar-refractivity contribution >= 4 is 22.8 Å². The Morgan fingerprint density at radius 2 is 0.972 bits per heavy atom. The highest BCUT2D eigenvalue weighted by Crippen LogP contribution is 2.32. The van der Waals surface area contributed by atoms with Gasteiger partial charge in [0.25, 0.3) is 0 Å². The van der Waals surface area contributed by atoms with Crippen LogP contribution in [-0.4, -0.2) is 16.4 Å². The number of allylic oxidation sites excluding steroid dienone is 16. The number of benzene rings is 1. The molecule has 3 aromatic heterocycles. The van der Waals surface area contributed by atoms with E-state index < -0.39 is 11.9 Å². The summed E-state index contributed by atoms with van der Waals surface area (Å²) in [4.78, 5) is 14.0. The van der Waals surface area contributed by atoms with Crippen LogP contribution in [0.4, 0.5) is 13.2 Å². The van der Waals surface area contributed by atoms with Gasteiger partial charge in [-0.3, -0.25) is 15.0 Å². The van der Waals surface area contributed by atoms with Gasteiger partial charge in [-0.1, -0.05) is 99.7 Å². The maximum Gasteiger partial charge on any atom is 0.449 e. The van der Waals surface area contributed by atoms with Gasteiger partial charge in [-0.05, 0) is 227 Å². The van der Waals surface area contributed by atoms with E-state index in [1.165, 1.54) is 126 Å². The van der Waals surface area contributed by atoms with Crippen LogP contribution in [0.1, 0.15) is 172 Å². The zero-order chi connectivity index (χ0) is 54.9. The molecule has 0 bridgehead atoms. The molecule has 0 N–H and O–H groups in total. The smallest absolute Gasteiger partial charge is 0.449 e. The van der Waals surface area contributed by atoms with Gasteiger partial charge in [-0.2, -0.15) is 13.2 Å². The van der Waals surface area contributed by atoms with E-state index in [0.29, 0.717) is 11.3 Å². The first-order valence-corrected chi connectivity index (χ1v) is 25.9. The van der Waals surface area contributed by atoms with Crippen molar-refractivity contribution in [2.24, 2.45) is 9.98 Å². The van der Waals surface area contributed by atoms with Gasteiger partial charge >= 0.3 is 6.18 Å². The molecule has 0 atom stereocenters. The maximum absolute atomic E-state index is 11.9. The van der Waals surface area contributed by atoms with Crippen LogP contribution in [0.25, 0.3) is 0 Å². The molecule has 0 saturated heterocycles. The van der Waals surface area contributed by atoms with Gasteiger partial charge in [0.1, 0.15) is 5.76 Å². The molecule has 0 radical (unpaired) electrons. The lowest BCUT2D eigenvalue weighted by Crippen LogP contribution is -2.02. The summed E-state index contributed by atoms with van der Waals surface area (Å²) in [5, 5.41) is 2.12. The third-order valence-electron chi connectivity index (χ3n) is 12.9. The van der Waals surface area contributed by atoms with Crippen molar-refractivity contribution in [3.63, 3.8) is 0 Å². The molecular formula is C64H88F3N3OS. The molecule has 0 fully saturated rings. The zero-order valence-corrected chi connectivity index (χ0v) is 48.8. The van der Waals surface area contributed by atoms with Crippen molar-refractivity contribution in [2.45, 2.75) is 184 Å². The lowest BCUT2D eigenvalue weighted by atomic mass is 10.1. The van der Waals surface area contributed by atoms with Crippen LogP contribution in [-0.2, 0) is 6.18 Å². The first-order valence-electron chi connectivity index (χ1n) is 25.0. The second-order valence-corrected chi connectivity index (χ2v) is 20.7. The van der Waals surface area contributed by atoms with E-state index in [4.69, 9.17) is 0 Å². The first-order chi connectivity index (χ1) is 33.5. The summed E-state index contributed by atoms with van der Waals surface area (Å²) in [5.74, 6) is -0.607. The van der Waals surface area contributed by atoms with Crippen molar-refractivity contribution in [1.82, 2.24) is 4.98 Å². The molecule has 2 aliphatic heterocycles. The lowest BCUT2D eigenvalue weighted by molar-refractivity contribution is -0.153. The Morgan fingerprint density at radius 1 is 0.500 bits per heavy atom. The van der Waals surface area contributed by atoms with Gasteiger partial charge in [0, 0.05) is 52.4 Å². The zero-order valence-electron chi connectivity index (χ0n) is 48.0. The molecule has 4 nitrogen and oxygen atoms in total. The number of hydrogen-bond acceptors (Lipinski definition) is 5. The average Bonchev–Trinajstić information content (AvgIpc) is 4.19. The molecule has 0 amide bonds. The fourth-order valence-electron chi connectivity index (χ4n) is 6.79. The monoisotopic (exact) mass is 1000 g/mol. The van der Waals surface area contributed by atoms with Crippen molar-refractivity contribution in [3.05, 3.63) is 202 Å². The molecule has 8 heteroatoms. The lowest BCUT2D eigenvalue weighted by Gasteiger charge is -1.99. The molecule has 392 valence electrons. The van der Waals surface area contributed by atoms with Crippen molar-refractivity contribution in [2.75, 3.05) is 0 Å². The maximum atomic E-state index is 11.9. The number of nitrogens with zero attached hydrogens (tertiary/aromatic N) is 3. The average molecular weight is 1000 g/mol. The number of hydrogen-bond donors (Lipinski definition) is 0. The Balaban J connectivity index is 0.000000406. The van der Waals surface area contributed by atoms with E-state index in [9.17, 15) is 13.2 Å². The number of thiophene rings is 1. The van der Waals surface area contributed by atoms with Gasteiger partial charge in [0.05, 0.1) is 0 Å². The second-order valence-electron chi connectivity index (χ2n) is 19.5. The van der Waals surface area contributed by atoms with Gasteiger partial charge in [0.15, 0.2) is 0 Å². The highest BCUT2D eigenvalue weighted by molar-refractivity contribution is 7.10. The summed E-state index contributed by atoms with van der Waals surface area (Å²) in [7, 11) is 0. The summed E-state index contributed by atoms with van der Waals surface area (Å²) >= 11 is 1.80. The van der Waals surface area contributed by atoms with E-state index in [1.54, 1.807) is 18.3 Å². The van der Waals surface area contributed by atoms with E-state index in [-0.39, 0.29) is 0 Å². The van der Waals surface area contributed by atoms with Crippen molar-refractivity contribution in [1.29, 1.82) is 0 Å². The highest BCUT2D eigenvalue weighted by atomic mass is 32.1. The van der Waals surface area contributed by atoms with E-state index >= 15 is 0 Å². The summed E-state index contributed by atoms with van der Waals surface area (Å²) in [6, 6.07) is 15.5. The SMILES string of the molecule is CC1=C(C)CC=C1.CC1=C(C)CC=C1.CC1=CC(C)=C(C)C1.CC1=NC(C)=C(C)C1.CC1=NC(C)=C(C)C1.Cc1cc(C(F)(F)F)oc1C.Cc1ccccc1C.Cc1cccnc1C.Cc1ccsc1C. The predicted molar refractivity (Wildman–Crippen MR) is 310 cm³/mol. The van der Waals surface area contributed by atoms with E-state index in [0.717, 1.165) is 24.6 Å². The molecule has 5 heterocycles. The van der Waals surface area contributed by atoms with Crippen LogP contribution < -0.4 is 0 Å². The molecule has 3 aliphatic carbocycles. The largest absolute Gasteiger partial charge is 0.457 e. The van der Waals surface area contributed by atoms with Crippen LogP contribution in [0.3, 0.4) is 0 Å². The fourth-order valence-corrected chi connectivity index (χ4v) is 7.52. The Bertz CT molecular complexity index is 2440. The van der Waals surface area contributed by atoms with Gasteiger partial charge < -0.3 is 4.42 Å². The minimum absolute atomic E-state index is 0.317. The van der Waals surface area contributed by atoms with E-state index in [2.05, 4.69) is 216 Å². The first kappa shape index (κ1) is 64.4. The second kappa shape index (κ2) is 32.5. The number of aliphatic imine (C=N–C) groups is 2. The van der Waals surface area contributed by atoms with Crippen LogP contribution in [0.15, 0.2) is 166 Å². The number of pyridine rings is 1. The highest BCUT2D eigenvalue weighted by Gasteiger charge is 2.35. The summed E-state index contributed by atoms with van der Waals surface area (Å²) in [6.07, 6.45) is 14.2. The summed E-state index contributed by atoms with van der Waals surface area (Å²) in [6.45, 7) is 43.4. The van der Waals surface area contributed by atoms with Gasteiger partial charge in [-0.15, -0.1) is 11.3 Å². The van der Waals surface area contributed by atoms with Crippen LogP contribution >= 0.6 is 11.3 Å².